The Hall–Kier alpha value is -0.970. The monoisotopic (exact) mass is 250 g/mol. The fraction of sp³-hybridized carbons (Fsp3) is 0.643. The van der Waals surface area contributed by atoms with Gasteiger partial charge in [-0.25, -0.2) is 0 Å². The van der Waals surface area contributed by atoms with Crippen molar-refractivity contribution in [2.24, 2.45) is 5.73 Å². The first-order valence-corrected chi connectivity index (χ1v) is 6.62. The molecule has 0 aromatic carbocycles. The van der Waals surface area contributed by atoms with Gasteiger partial charge in [0.2, 0.25) is 0 Å². The second-order valence-corrected chi connectivity index (χ2v) is 4.76. The summed E-state index contributed by atoms with van der Waals surface area (Å²) in [5, 5.41) is 0. The van der Waals surface area contributed by atoms with E-state index in [1.807, 2.05) is 18.2 Å². The number of hydrogen-bond acceptors (Lipinski definition) is 4. The summed E-state index contributed by atoms with van der Waals surface area (Å²) in [5.41, 5.74) is 6.71. The van der Waals surface area contributed by atoms with Gasteiger partial charge in [-0.1, -0.05) is 6.07 Å². The Kier molecular flexibility index (Phi) is 5.11. The third kappa shape index (κ3) is 3.51. The van der Waals surface area contributed by atoms with E-state index in [1.165, 1.54) is 0 Å². The van der Waals surface area contributed by atoms with E-state index in [2.05, 4.69) is 4.98 Å². The predicted molar refractivity (Wildman–Crippen MR) is 70.2 cm³/mol. The minimum atomic E-state index is -0.105. The maximum Gasteiger partial charge on any atom is 0.112 e. The summed E-state index contributed by atoms with van der Waals surface area (Å²) in [4.78, 5) is 4.32. The van der Waals surface area contributed by atoms with Gasteiger partial charge >= 0.3 is 0 Å². The fourth-order valence-electron chi connectivity index (χ4n) is 2.48. The molecule has 18 heavy (non-hydrogen) atoms. The Morgan fingerprint density at radius 3 is 2.89 bits per heavy atom. The normalized spacial score (nSPS) is 25.9. The molecular weight excluding hydrogens is 228 g/mol. The van der Waals surface area contributed by atoms with Crippen LogP contribution in [-0.2, 0) is 9.47 Å². The molecule has 1 aromatic heterocycles. The predicted octanol–water partition coefficient (Wildman–Crippen LogP) is 2.06. The maximum absolute atomic E-state index is 6.09. The molecule has 4 heteroatoms. The van der Waals surface area contributed by atoms with Crippen molar-refractivity contribution in [1.82, 2.24) is 4.98 Å². The summed E-state index contributed by atoms with van der Waals surface area (Å²) in [5.74, 6) is 0. The highest BCUT2D eigenvalue weighted by atomic mass is 16.5. The van der Waals surface area contributed by atoms with Crippen LogP contribution < -0.4 is 5.73 Å². The van der Waals surface area contributed by atoms with Crippen molar-refractivity contribution in [2.75, 3.05) is 13.7 Å². The quantitative estimate of drug-likeness (QED) is 0.869. The standard InChI is InChI=1S/C14H22N2O2/c1-17-11-5-4-6-12(9-11)18-14(10-15)13-7-2-3-8-16-13/h2-3,7-8,11-12,14H,4-6,9-10,15H2,1H3. The molecule has 100 valence electrons. The molecule has 0 radical (unpaired) electrons. The zero-order valence-electron chi connectivity index (χ0n) is 10.9. The van der Waals surface area contributed by atoms with Crippen LogP contribution in [0, 0.1) is 0 Å². The van der Waals surface area contributed by atoms with E-state index >= 15 is 0 Å². The molecule has 0 aliphatic heterocycles. The Morgan fingerprint density at radius 2 is 2.22 bits per heavy atom. The van der Waals surface area contributed by atoms with Crippen LogP contribution in [0.25, 0.3) is 0 Å². The Morgan fingerprint density at radius 1 is 1.39 bits per heavy atom. The molecule has 1 fully saturated rings. The largest absolute Gasteiger partial charge is 0.381 e. The smallest absolute Gasteiger partial charge is 0.112 e. The molecule has 1 aliphatic carbocycles. The molecule has 3 atom stereocenters. The lowest BCUT2D eigenvalue weighted by molar-refractivity contribution is -0.0645. The zero-order valence-corrected chi connectivity index (χ0v) is 10.9. The van der Waals surface area contributed by atoms with Crippen molar-refractivity contribution in [1.29, 1.82) is 0 Å². The molecule has 0 spiro atoms. The van der Waals surface area contributed by atoms with Crippen molar-refractivity contribution in [2.45, 2.75) is 44.0 Å². The summed E-state index contributed by atoms with van der Waals surface area (Å²) < 4.78 is 11.5. The SMILES string of the molecule is COC1CCCC(OC(CN)c2ccccn2)C1. The van der Waals surface area contributed by atoms with Gasteiger partial charge in [0, 0.05) is 19.9 Å². The minimum absolute atomic E-state index is 0.105. The highest BCUT2D eigenvalue weighted by molar-refractivity contribution is 5.07. The molecular formula is C14H22N2O2. The number of nitrogens with two attached hydrogens (primary N) is 1. The van der Waals surface area contributed by atoms with Gasteiger partial charge in [-0.3, -0.25) is 4.98 Å². The summed E-state index contributed by atoms with van der Waals surface area (Å²) in [6, 6.07) is 5.83. The zero-order chi connectivity index (χ0) is 12.8. The number of pyridine rings is 1. The molecule has 1 heterocycles. The molecule has 1 saturated carbocycles. The summed E-state index contributed by atoms with van der Waals surface area (Å²) >= 11 is 0. The fourth-order valence-corrected chi connectivity index (χ4v) is 2.48. The molecule has 0 bridgehead atoms. The second kappa shape index (κ2) is 6.83. The first-order valence-electron chi connectivity index (χ1n) is 6.62. The Labute approximate surface area is 108 Å². The van der Waals surface area contributed by atoms with E-state index in [0.29, 0.717) is 12.6 Å². The third-order valence-electron chi connectivity index (χ3n) is 3.50. The van der Waals surface area contributed by atoms with Crippen LogP contribution in [0.1, 0.15) is 37.5 Å². The Balaban J connectivity index is 1.94. The number of methoxy groups -OCH3 is 1. The number of hydrogen-bond donors (Lipinski definition) is 1. The van der Waals surface area contributed by atoms with Crippen LogP contribution >= 0.6 is 0 Å². The third-order valence-corrected chi connectivity index (χ3v) is 3.50. The van der Waals surface area contributed by atoms with E-state index < -0.39 is 0 Å². The van der Waals surface area contributed by atoms with Gasteiger partial charge in [0.1, 0.15) is 6.10 Å². The number of nitrogens with zero attached hydrogens (tertiary/aromatic N) is 1. The van der Waals surface area contributed by atoms with Crippen molar-refractivity contribution >= 4 is 0 Å². The summed E-state index contributed by atoms with van der Waals surface area (Å²) in [7, 11) is 1.77. The van der Waals surface area contributed by atoms with Gasteiger partial charge in [0.15, 0.2) is 0 Å². The molecule has 3 unspecified atom stereocenters. The average Bonchev–Trinajstić information content (AvgIpc) is 2.46. The van der Waals surface area contributed by atoms with Crippen LogP contribution in [0.3, 0.4) is 0 Å². The second-order valence-electron chi connectivity index (χ2n) is 4.76. The summed E-state index contributed by atoms with van der Waals surface area (Å²) in [6.45, 7) is 0.463. The Bertz CT molecular complexity index is 345. The van der Waals surface area contributed by atoms with E-state index in [0.717, 1.165) is 31.4 Å². The van der Waals surface area contributed by atoms with E-state index in [9.17, 15) is 0 Å². The maximum atomic E-state index is 6.09. The van der Waals surface area contributed by atoms with Gasteiger partial charge in [0.05, 0.1) is 17.9 Å². The average molecular weight is 250 g/mol. The van der Waals surface area contributed by atoms with Crippen LogP contribution in [0.2, 0.25) is 0 Å². The van der Waals surface area contributed by atoms with E-state index in [-0.39, 0.29) is 12.2 Å². The molecule has 1 aromatic rings. The van der Waals surface area contributed by atoms with Crippen molar-refractivity contribution < 1.29 is 9.47 Å². The lowest BCUT2D eigenvalue weighted by Crippen LogP contribution is -2.30. The van der Waals surface area contributed by atoms with Gasteiger partial charge in [-0.15, -0.1) is 0 Å². The first-order chi connectivity index (χ1) is 8.83. The highest BCUT2D eigenvalue weighted by Crippen LogP contribution is 2.27. The topological polar surface area (TPSA) is 57.4 Å². The molecule has 4 nitrogen and oxygen atoms in total. The summed E-state index contributed by atoms with van der Waals surface area (Å²) in [6.07, 6.45) is 6.57. The minimum Gasteiger partial charge on any atom is -0.381 e. The van der Waals surface area contributed by atoms with Crippen molar-refractivity contribution in [3.05, 3.63) is 30.1 Å². The molecule has 0 amide bonds. The lowest BCUT2D eigenvalue weighted by atomic mass is 9.94. The highest BCUT2D eigenvalue weighted by Gasteiger charge is 2.25. The van der Waals surface area contributed by atoms with Crippen LogP contribution in [0.15, 0.2) is 24.4 Å². The first kappa shape index (κ1) is 13.5. The van der Waals surface area contributed by atoms with E-state index in [1.54, 1.807) is 13.3 Å². The van der Waals surface area contributed by atoms with Crippen LogP contribution in [0.5, 0.6) is 0 Å². The van der Waals surface area contributed by atoms with E-state index in [4.69, 9.17) is 15.2 Å². The van der Waals surface area contributed by atoms with Gasteiger partial charge in [-0.05, 0) is 37.8 Å². The van der Waals surface area contributed by atoms with Gasteiger partial charge < -0.3 is 15.2 Å². The molecule has 2 N–H and O–H groups in total. The number of ether oxygens (including phenoxy) is 2. The molecule has 2 rings (SSSR count). The molecule has 0 saturated heterocycles. The number of aromatic nitrogens is 1. The van der Waals surface area contributed by atoms with Crippen molar-refractivity contribution in [3.8, 4) is 0 Å². The van der Waals surface area contributed by atoms with Crippen molar-refractivity contribution in [3.63, 3.8) is 0 Å². The van der Waals surface area contributed by atoms with Crippen LogP contribution in [0.4, 0.5) is 0 Å². The van der Waals surface area contributed by atoms with Gasteiger partial charge in [-0.2, -0.15) is 0 Å². The number of rotatable bonds is 5. The lowest BCUT2D eigenvalue weighted by Gasteiger charge is -2.30. The molecule has 1 aliphatic rings. The van der Waals surface area contributed by atoms with Crippen LogP contribution in [-0.4, -0.2) is 30.8 Å². The van der Waals surface area contributed by atoms with Gasteiger partial charge in [0.25, 0.3) is 0 Å².